The summed E-state index contributed by atoms with van der Waals surface area (Å²) in [6, 6.07) is 22.1. The van der Waals surface area contributed by atoms with Crippen LogP contribution in [-0.4, -0.2) is 34.6 Å². The molecule has 1 amide bonds. The van der Waals surface area contributed by atoms with Crippen molar-refractivity contribution in [2.24, 2.45) is 10.8 Å². The zero-order chi connectivity index (χ0) is 25.7. The van der Waals surface area contributed by atoms with Gasteiger partial charge in [0.25, 0.3) is 11.8 Å². The Morgan fingerprint density at radius 1 is 1.03 bits per heavy atom. The third-order valence-electron chi connectivity index (χ3n) is 6.72. The molecule has 3 N–H and O–H groups in total. The number of carbonyl (C=O) groups excluding carboxylic acids is 1. The first-order chi connectivity index (χ1) is 18.0. The predicted molar refractivity (Wildman–Crippen MR) is 138 cm³/mol. The van der Waals surface area contributed by atoms with Crippen molar-refractivity contribution in [1.29, 1.82) is 0 Å². The average Bonchev–Trinajstić information content (AvgIpc) is 3.51. The highest BCUT2D eigenvalue weighted by Crippen LogP contribution is 2.43. The molecule has 9 nitrogen and oxygen atoms in total. The summed E-state index contributed by atoms with van der Waals surface area (Å²) in [5.74, 6) is -1.59. The lowest BCUT2D eigenvalue weighted by atomic mass is 9.85. The molecule has 37 heavy (non-hydrogen) atoms. The molecule has 3 aliphatic rings. The summed E-state index contributed by atoms with van der Waals surface area (Å²) < 4.78 is 5.59. The number of fused-ring (bicyclic) bond motifs is 4. The Labute approximate surface area is 216 Å². The summed E-state index contributed by atoms with van der Waals surface area (Å²) in [6.45, 7) is 0.503. The Balaban J connectivity index is 1.44. The van der Waals surface area contributed by atoms with Crippen LogP contribution in [-0.2, 0) is 9.53 Å². The minimum absolute atomic E-state index is 0.0205. The van der Waals surface area contributed by atoms with Crippen molar-refractivity contribution in [3.8, 4) is 11.1 Å². The van der Waals surface area contributed by atoms with Gasteiger partial charge in [0.15, 0.2) is 0 Å². The molecule has 1 atom stereocenters. The normalized spacial score (nSPS) is 17.7. The van der Waals surface area contributed by atoms with Gasteiger partial charge in [0.1, 0.15) is 18.3 Å². The van der Waals surface area contributed by atoms with Crippen LogP contribution >= 0.6 is 11.6 Å². The van der Waals surface area contributed by atoms with Crippen LogP contribution in [0.15, 0.2) is 101 Å². The zero-order valence-electron chi connectivity index (χ0n) is 19.3. The van der Waals surface area contributed by atoms with Crippen LogP contribution in [0.4, 0.5) is 0 Å². The molecule has 2 aliphatic heterocycles. The van der Waals surface area contributed by atoms with Crippen LogP contribution in [0.3, 0.4) is 0 Å². The second kappa shape index (κ2) is 8.79. The fourth-order valence-corrected chi connectivity index (χ4v) is 5.23. The van der Waals surface area contributed by atoms with Crippen molar-refractivity contribution in [2.45, 2.75) is 5.92 Å². The first-order valence-electron chi connectivity index (χ1n) is 11.6. The molecular weight excluding hydrogens is 494 g/mol. The van der Waals surface area contributed by atoms with Gasteiger partial charge < -0.3 is 10.5 Å². The van der Waals surface area contributed by atoms with Crippen molar-refractivity contribution in [2.75, 3.05) is 13.2 Å². The third-order valence-corrected chi connectivity index (χ3v) is 6.97. The minimum atomic E-state index is -1.08. The summed E-state index contributed by atoms with van der Waals surface area (Å²) in [6.07, 6.45) is 0. The van der Waals surface area contributed by atoms with Crippen LogP contribution in [0, 0.1) is 10.1 Å². The fraction of sp³-hybridized carbons (Fsp3) is 0.111. The van der Waals surface area contributed by atoms with E-state index in [1.807, 2.05) is 48.5 Å². The molecule has 3 aromatic carbocycles. The van der Waals surface area contributed by atoms with E-state index < -0.39 is 16.7 Å². The zero-order valence-corrected chi connectivity index (χ0v) is 20.1. The Hall–Kier alpha value is -4.63. The number of rotatable bonds is 4. The number of hydrogen-bond donors (Lipinski definition) is 2. The number of nitrogens with two attached hydrogens (primary N) is 1. The lowest BCUT2D eigenvalue weighted by Crippen LogP contribution is -2.39. The van der Waals surface area contributed by atoms with Crippen LogP contribution in [0.1, 0.15) is 22.6 Å². The average molecular weight is 514 g/mol. The molecule has 1 aliphatic carbocycles. The maximum Gasteiger partial charge on any atom is 0.317 e. The van der Waals surface area contributed by atoms with Gasteiger partial charge in [0.05, 0.1) is 22.8 Å². The van der Waals surface area contributed by atoms with E-state index in [9.17, 15) is 14.9 Å². The van der Waals surface area contributed by atoms with E-state index in [0.717, 1.165) is 22.3 Å². The summed E-state index contributed by atoms with van der Waals surface area (Å²) in [5, 5.41) is 17.2. The number of hydrogen-bond acceptors (Lipinski definition) is 7. The monoisotopic (exact) mass is 513 g/mol. The number of nitro groups is 1. The summed E-state index contributed by atoms with van der Waals surface area (Å²) in [7, 11) is 0. The van der Waals surface area contributed by atoms with Gasteiger partial charge >= 0.3 is 5.70 Å². The van der Waals surface area contributed by atoms with Crippen molar-refractivity contribution in [1.82, 2.24) is 10.3 Å². The number of nitrogens with zero attached hydrogens (tertiary/aromatic N) is 3. The number of nitrogens with one attached hydrogen (secondary N) is 1. The molecule has 184 valence electrons. The van der Waals surface area contributed by atoms with Crippen LogP contribution in [0.25, 0.3) is 11.1 Å². The van der Waals surface area contributed by atoms with Crippen molar-refractivity contribution in [3.63, 3.8) is 0 Å². The minimum Gasteiger partial charge on any atom is -0.472 e. The lowest BCUT2D eigenvalue weighted by molar-refractivity contribution is -0.433. The van der Waals surface area contributed by atoms with E-state index in [2.05, 4.69) is 10.5 Å². The van der Waals surface area contributed by atoms with E-state index in [-0.39, 0.29) is 36.1 Å². The molecule has 0 bridgehead atoms. The Kier molecular flexibility index (Phi) is 5.42. The quantitative estimate of drug-likeness (QED) is 0.315. The highest BCUT2D eigenvalue weighted by molar-refractivity contribution is 6.30. The molecule has 3 aromatic rings. The van der Waals surface area contributed by atoms with Crippen LogP contribution in [0.5, 0.6) is 0 Å². The first kappa shape index (κ1) is 22.8. The maximum atomic E-state index is 13.7. The number of ether oxygens (including phenoxy) is 1. The molecule has 10 heteroatoms. The molecule has 1 fully saturated rings. The summed E-state index contributed by atoms with van der Waals surface area (Å²) >= 11 is 6.06. The van der Waals surface area contributed by atoms with E-state index in [0.29, 0.717) is 16.3 Å². The maximum absolute atomic E-state index is 13.7. The Bertz CT molecular complexity index is 1510. The fourth-order valence-electron chi connectivity index (χ4n) is 5.10. The second-order valence-electron chi connectivity index (χ2n) is 8.72. The molecule has 1 unspecified atom stereocenters. The molecular formula is C27H20ClN5O4. The highest BCUT2D eigenvalue weighted by atomic mass is 35.5. The number of amides is 1. The molecule has 0 radical (unpaired) electrons. The molecule has 1 saturated heterocycles. The molecule has 0 saturated carbocycles. The van der Waals surface area contributed by atoms with Gasteiger partial charge in [0.2, 0.25) is 0 Å². The summed E-state index contributed by atoms with van der Waals surface area (Å²) in [4.78, 5) is 26.9. The third kappa shape index (κ3) is 3.63. The molecule has 0 aromatic heterocycles. The number of benzene rings is 3. The van der Waals surface area contributed by atoms with E-state index >= 15 is 0 Å². The van der Waals surface area contributed by atoms with Crippen molar-refractivity contribution in [3.05, 3.63) is 128 Å². The second-order valence-corrected chi connectivity index (χ2v) is 9.16. The largest absolute Gasteiger partial charge is 0.472 e. The summed E-state index contributed by atoms with van der Waals surface area (Å²) in [5.41, 5.74) is 13.7. The van der Waals surface area contributed by atoms with Crippen LogP contribution in [0.2, 0.25) is 5.02 Å². The Morgan fingerprint density at radius 3 is 2.22 bits per heavy atom. The number of hydrazone groups is 1. The first-order valence-corrected chi connectivity index (χ1v) is 11.9. The van der Waals surface area contributed by atoms with Gasteiger partial charge in [-0.3, -0.25) is 19.8 Å². The van der Waals surface area contributed by atoms with Gasteiger partial charge in [-0.1, -0.05) is 72.3 Å². The molecule has 6 rings (SSSR count). The molecule has 0 spiro atoms. The number of carbonyl (C=O) groups is 1. The highest BCUT2D eigenvalue weighted by Gasteiger charge is 2.48. The van der Waals surface area contributed by atoms with E-state index in [1.54, 1.807) is 24.3 Å². The predicted octanol–water partition coefficient (Wildman–Crippen LogP) is 3.93. The van der Waals surface area contributed by atoms with E-state index in [4.69, 9.17) is 22.1 Å². The lowest BCUT2D eigenvalue weighted by Gasteiger charge is -2.29. The standard InChI is InChI=1S/C27H20ClN5O4/c28-16-11-9-15(10-12-16)21-22(25(29)32-13-14-37-27(32)24(21)33(35)36)26(34)31-30-23-19-7-3-1-5-17(19)18-6-2-4-8-20(18)23/h1-12,21H,13-14,29H2,(H,31,34). The number of halogens is 1. The number of allylic oxidation sites excluding steroid dienone is 1. The van der Waals surface area contributed by atoms with Crippen molar-refractivity contribution < 1.29 is 14.5 Å². The Morgan fingerprint density at radius 2 is 1.62 bits per heavy atom. The van der Waals surface area contributed by atoms with Gasteiger partial charge in [-0.25, -0.2) is 5.43 Å². The van der Waals surface area contributed by atoms with Gasteiger partial charge in [-0.15, -0.1) is 0 Å². The SMILES string of the molecule is NC1=C(C(=O)NN=C2c3ccccc3-c3ccccc32)C(c2ccc(Cl)cc2)C([N+](=O)[O-])=C2OCCN12. The van der Waals surface area contributed by atoms with E-state index in [1.165, 1.54) is 4.90 Å². The van der Waals surface area contributed by atoms with Crippen molar-refractivity contribution >= 4 is 23.2 Å². The smallest absolute Gasteiger partial charge is 0.317 e. The van der Waals surface area contributed by atoms with Gasteiger partial charge in [0, 0.05) is 16.1 Å². The van der Waals surface area contributed by atoms with Gasteiger partial charge in [-0.05, 0) is 28.8 Å². The van der Waals surface area contributed by atoms with Crippen LogP contribution < -0.4 is 11.2 Å². The topological polar surface area (TPSA) is 123 Å². The molecule has 2 heterocycles. The van der Waals surface area contributed by atoms with Gasteiger partial charge in [-0.2, -0.15) is 5.10 Å².